The highest BCUT2D eigenvalue weighted by atomic mass is 32.2. The lowest BCUT2D eigenvalue weighted by atomic mass is 10.1. The maximum absolute atomic E-state index is 11.0. The SMILES string of the molecule is CS(=O)(=O)NCCc1cc(N)ccc1NCCO. The van der Waals surface area contributed by atoms with Gasteiger partial charge in [0, 0.05) is 24.5 Å². The topological polar surface area (TPSA) is 104 Å². The van der Waals surface area contributed by atoms with Crippen molar-refractivity contribution in [3.05, 3.63) is 23.8 Å². The molecule has 0 bridgehead atoms. The van der Waals surface area contributed by atoms with E-state index in [2.05, 4.69) is 10.0 Å². The summed E-state index contributed by atoms with van der Waals surface area (Å²) in [5.74, 6) is 0. The monoisotopic (exact) mass is 273 g/mol. The van der Waals surface area contributed by atoms with Gasteiger partial charge in [0.2, 0.25) is 10.0 Å². The summed E-state index contributed by atoms with van der Waals surface area (Å²) in [4.78, 5) is 0. The van der Waals surface area contributed by atoms with Crippen LogP contribution in [0, 0.1) is 0 Å². The van der Waals surface area contributed by atoms with Crippen molar-refractivity contribution in [3.63, 3.8) is 0 Å². The van der Waals surface area contributed by atoms with Crippen molar-refractivity contribution in [3.8, 4) is 0 Å². The van der Waals surface area contributed by atoms with Gasteiger partial charge in [0.1, 0.15) is 0 Å². The second kappa shape index (κ2) is 6.58. The number of benzene rings is 1. The van der Waals surface area contributed by atoms with Crippen LogP contribution in [0.1, 0.15) is 5.56 Å². The molecule has 1 rings (SSSR count). The third-order valence-corrected chi connectivity index (χ3v) is 3.04. The zero-order valence-corrected chi connectivity index (χ0v) is 11.1. The summed E-state index contributed by atoms with van der Waals surface area (Å²) in [6.07, 6.45) is 1.66. The van der Waals surface area contributed by atoms with Gasteiger partial charge >= 0.3 is 0 Å². The maximum atomic E-state index is 11.0. The summed E-state index contributed by atoms with van der Waals surface area (Å²) >= 11 is 0. The molecule has 0 radical (unpaired) electrons. The molecule has 0 aliphatic heterocycles. The highest BCUT2D eigenvalue weighted by Crippen LogP contribution is 2.19. The minimum absolute atomic E-state index is 0.0331. The second-order valence-corrected chi connectivity index (χ2v) is 5.82. The Kier molecular flexibility index (Phi) is 5.39. The average molecular weight is 273 g/mol. The molecule has 0 spiro atoms. The Morgan fingerprint density at radius 1 is 1.33 bits per heavy atom. The summed E-state index contributed by atoms with van der Waals surface area (Å²) in [5, 5.41) is 11.8. The summed E-state index contributed by atoms with van der Waals surface area (Å²) in [6, 6.07) is 5.37. The van der Waals surface area contributed by atoms with Crippen LogP contribution in [0.5, 0.6) is 0 Å². The minimum atomic E-state index is -3.18. The molecule has 0 aromatic heterocycles. The van der Waals surface area contributed by atoms with Gasteiger partial charge in [-0.05, 0) is 30.2 Å². The van der Waals surface area contributed by atoms with Crippen molar-refractivity contribution in [1.29, 1.82) is 0 Å². The van der Waals surface area contributed by atoms with Gasteiger partial charge in [-0.15, -0.1) is 0 Å². The molecule has 18 heavy (non-hydrogen) atoms. The van der Waals surface area contributed by atoms with Crippen LogP contribution < -0.4 is 15.8 Å². The number of hydrogen-bond donors (Lipinski definition) is 4. The van der Waals surface area contributed by atoms with E-state index in [-0.39, 0.29) is 6.61 Å². The van der Waals surface area contributed by atoms with Crippen LogP contribution in [0.15, 0.2) is 18.2 Å². The fraction of sp³-hybridized carbons (Fsp3) is 0.455. The largest absolute Gasteiger partial charge is 0.399 e. The van der Waals surface area contributed by atoms with Gasteiger partial charge < -0.3 is 16.2 Å². The van der Waals surface area contributed by atoms with Crippen LogP contribution in [0.2, 0.25) is 0 Å². The van der Waals surface area contributed by atoms with Gasteiger partial charge in [-0.1, -0.05) is 0 Å². The molecule has 0 amide bonds. The molecule has 0 atom stereocenters. The molecule has 0 heterocycles. The van der Waals surface area contributed by atoms with Gasteiger partial charge in [0.05, 0.1) is 12.9 Å². The van der Waals surface area contributed by atoms with Crippen molar-refractivity contribution in [2.45, 2.75) is 6.42 Å². The van der Waals surface area contributed by atoms with E-state index in [0.717, 1.165) is 17.5 Å². The quantitative estimate of drug-likeness (QED) is 0.513. The number of aliphatic hydroxyl groups excluding tert-OH is 1. The Bertz CT molecular complexity index is 488. The fourth-order valence-corrected chi connectivity index (χ4v) is 2.03. The molecule has 0 saturated heterocycles. The number of hydrogen-bond acceptors (Lipinski definition) is 5. The van der Waals surface area contributed by atoms with E-state index in [1.54, 1.807) is 12.1 Å². The van der Waals surface area contributed by atoms with Crippen molar-refractivity contribution >= 4 is 21.4 Å². The number of sulfonamides is 1. The number of nitrogen functional groups attached to an aromatic ring is 1. The molecular weight excluding hydrogens is 254 g/mol. The van der Waals surface area contributed by atoms with E-state index in [4.69, 9.17) is 10.8 Å². The van der Waals surface area contributed by atoms with E-state index in [0.29, 0.717) is 25.2 Å². The van der Waals surface area contributed by atoms with Crippen molar-refractivity contribution in [2.75, 3.05) is 37.0 Å². The van der Waals surface area contributed by atoms with Gasteiger partial charge in [-0.25, -0.2) is 13.1 Å². The lowest BCUT2D eigenvalue weighted by Crippen LogP contribution is -2.24. The smallest absolute Gasteiger partial charge is 0.208 e. The maximum Gasteiger partial charge on any atom is 0.208 e. The predicted molar refractivity (Wildman–Crippen MR) is 73.0 cm³/mol. The van der Waals surface area contributed by atoms with Crippen molar-refractivity contribution in [2.24, 2.45) is 0 Å². The Labute approximate surface area is 107 Å². The Hall–Kier alpha value is -1.31. The molecule has 5 N–H and O–H groups in total. The van der Waals surface area contributed by atoms with Crippen LogP contribution in [-0.4, -0.2) is 39.5 Å². The molecule has 6 nitrogen and oxygen atoms in total. The lowest BCUT2D eigenvalue weighted by molar-refractivity contribution is 0.311. The van der Waals surface area contributed by atoms with Crippen LogP contribution >= 0.6 is 0 Å². The molecular formula is C11H19N3O3S. The van der Waals surface area contributed by atoms with Crippen molar-refractivity contribution < 1.29 is 13.5 Å². The van der Waals surface area contributed by atoms with E-state index in [9.17, 15) is 8.42 Å². The number of anilines is 2. The molecule has 0 aliphatic rings. The van der Waals surface area contributed by atoms with Gasteiger partial charge in [0.15, 0.2) is 0 Å². The zero-order chi connectivity index (χ0) is 13.6. The van der Waals surface area contributed by atoms with Crippen LogP contribution in [0.25, 0.3) is 0 Å². The number of aliphatic hydroxyl groups is 1. The summed E-state index contributed by atoms with van der Waals surface area (Å²) in [7, 11) is -3.18. The average Bonchev–Trinajstić information content (AvgIpc) is 2.26. The first-order valence-corrected chi connectivity index (χ1v) is 7.49. The fourth-order valence-electron chi connectivity index (χ4n) is 1.55. The molecule has 0 unspecified atom stereocenters. The standard InChI is InChI=1S/C11H19N3O3S/c1-18(16,17)14-5-4-9-8-10(12)2-3-11(9)13-6-7-15/h2-3,8,13-15H,4-7,12H2,1H3. The highest BCUT2D eigenvalue weighted by molar-refractivity contribution is 7.88. The Balaban J connectivity index is 2.69. The first-order chi connectivity index (χ1) is 8.42. The van der Waals surface area contributed by atoms with Crippen LogP contribution in [-0.2, 0) is 16.4 Å². The third kappa shape index (κ3) is 5.35. The number of nitrogens with two attached hydrogens (primary N) is 1. The third-order valence-electron chi connectivity index (χ3n) is 2.32. The first kappa shape index (κ1) is 14.7. The Morgan fingerprint density at radius 2 is 2.06 bits per heavy atom. The number of rotatable bonds is 7. The van der Waals surface area contributed by atoms with E-state index in [1.807, 2.05) is 6.07 Å². The van der Waals surface area contributed by atoms with Gasteiger partial charge in [-0.3, -0.25) is 0 Å². The zero-order valence-electron chi connectivity index (χ0n) is 10.3. The minimum Gasteiger partial charge on any atom is -0.399 e. The molecule has 1 aromatic carbocycles. The molecule has 0 fully saturated rings. The first-order valence-electron chi connectivity index (χ1n) is 5.60. The van der Waals surface area contributed by atoms with Gasteiger partial charge in [0.25, 0.3) is 0 Å². The van der Waals surface area contributed by atoms with E-state index in [1.165, 1.54) is 0 Å². The van der Waals surface area contributed by atoms with E-state index >= 15 is 0 Å². The van der Waals surface area contributed by atoms with Gasteiger partial charge in [-0.2, -0.15) is 0 Å². The highest BCUT2D eigenvalue weighted by Gasteiger charge is 2.05. The van der Waals surface area contributed by atoms with Crippen LogP contribution in [0.3, 0.4) is 0 Å². The summed E-state index contributed by atoms with van der Waals surface area (Å²) in [6.45, 7) is 0.790. The Morgan fingerprint density at radius 3 is 2.67 bits per heavy atom. The van der Waals surface area contributed by atoms with Crippen LogP contribution in [0.4, 0.5) is 11.4 Å². The molecule has 102 valence electrons. The number of nitrogens with one attached hydrogen (secondary N) is 2. The molecule has 0 aliphatic carbocycles. The molecule has 1 aromatic rings. The molecule has 0 saturated carbocycles. The molecule has 7 heteroatoms. The lowest BCUT2D eigenvalue weighted by Gasteiger charge is -2.12. The van der Waals surface area contributed by atoms with E-state index < -0.39 is 10.0 Å². The second-order valence-electron chi connectivity index (χ2n) is 3.98. The normalized spacial score (nSPS) is 11.4. The summed E-state index contributed by atoms with van der Waals surface area (Å²) in [5.41, 5.74) is 8.09. The summed E-state index contributed by atoms with van der Waals surface area (Å²) < 4.78 is 24.3. The predicted octanol–water partition coefficient (Wildman–Crippen LogP) is -0.235. The van der Waals surface area contributed by atoms with Crippen molar-refractivity contribution in [1.82, 2.24) is 4.72 Å².